The number of nitrogens with zero attached hydrogens (tertiary/aromatic N) is 3. The van der Waals surface area contributed by atoms with Gasteiger partial charge in [0.05, 0.1) is 24.6 Å². The average Bonchev–Trinajstić information content (AvgIpc) is 3.33. The number of hydrogen-bond donors (Lipinski definition) is 2. The lowest BCUT2D eigenvalue weighted by Crippen LogP contribution is -2.05. The molecule has 31 heavy (non-hydrogen) atoms. The van der Waals surface area contributed by atoms with E-state index in [9.17, 15) is 5.26 Å². The third-order valence-corrected chi connectivity index (χ3v) is 4.52. The third-order valence-electron chi connectivity index (χ3n) is 4.52. The van der Waals surface area contributed by atoms with Gasteiger partial charge in [-0.1, -0.05) is 30.3 Å². The summed E-state index contributed by atoms with van der Waals surface area (Å²) in [7, 11) is 1.58. The van der Waals surface area contributed by atoms with E-state index in [0.717, 1.165) is 11.1 Å². The predicted octanol–water partition coefficient (Wildman–Crippen LogP) is 4.52. The molecule has 0 amide bonds. The van der Waals surface area contributed by atoms with Crippen molar-refractivity contribution >= 4 is 17.2 Å². The van der Waals surface area contributed by atoms with E-state index in [1.807, 2.05) is 42.5 Å². The molecule has 8 nitrogen and oxygen atoms in total. The maximum atomic E-state index is 9.47. The van der Waals surface area contributed by atoms with Crippen LogP contribution in [0.15, 0.2) is 71.6 Å². The summed E-state index contributed by atoms with van der Waals surface area (Å²) in [6.07, 6.45) is 2.98. The minimum atomic E-state index is 0.166. The molecule has 0 saturated heterocycles. The van der Waals surface area contributed by atoms with Gasteiger partial charge >= 0.3 is 0 Å². The van der Waals surface area contributed by atoms with Crippen LogP contribution in [-0.4, -0.2) is 17.1 Å². The maximum Gasteiger partial charge on any atom is 0.236 e. The molecule has 8 heteroatoms. The largest absolute Gasteiger partial charge is 0.496 e. The highest BCUT2D eigenvalue weighted by molar-refractivity contribution is 5.73. The number of nitriles is 1. The molecule has 0 spiro atoms. The van der Waals surface area contributed by atoms with Crippen LogP contribution in [0, 0.1) is 11.3 Å². The highest BCUT2D eigenvalue weighted by Gasteiger charge is 2.14. The molecule has 0 aliphatic rings. The summed E-state index contributed by atoms with van der Waals surface area (Å²) in [6.45, 7) is 0.269. The number of rotatable bonds is 7. The Morgan fingerprint density at radius 2 is 2.00 bits per heavy atom. The fourth-order valence-corrected chi connectivity index (χ4v) is 3.02. The molecule has 4 rings (SSSR count). The fourth-order valence-electron chi connectivity index (χ4n) is 3.02. The second-order valence-corrected chi connectivity index (χ2v) is 6.57. The van der Waals surface area contributed by atoms with Crippen molar-refractivity contribution < 1.29 is 13.9 Å². The molecule has 4 aromatic rings. The molecule has 0 bridgehead atoms. The van der Waals surface area contributed by atoms with E-state index in [1.54, 1.807) is 25.4 Å². The zero-order chi connectivity index (χ0) is 21.6. The standard InChI is InChI=1S/C23H19N5O3/c1-29-20-9-16(7-8-17(20)21-12-26-14-31-21)27-22-10-19(25)18(11-24)23(28-22)30-13-15-5-3-2-4-6-15/h2-10,12,14H,13H2,1H3,(H3,25,27,28). The van der Waals surface area contributed by atoms with Crippen LogP contribution in [0.25, 0.3) is 11.3 Å². The van der Waals surface area contributed by atoms with Gasteiger partial charge in [0, 0.05) is 17.8 Å². The molecule has 2 heterocycles. The van der Waals surface area contributed by atoms with Crippen LogP contribution in [0.4, 0.5) is 17.2 Å². The van der Waals surface area contributed by atoms with Gasteiger partial charge in [-0.2, -0.15) is 10.2 Å². The van der Waals surface area contributed by atoms with Gasteiger partial charge in [-0.15, -0.1) is 0 Å². The van der Waals surface area contributed by atoms with Crippen molar-refractivity contribution in [1.82, 2.24) is 9.97 Å². The molecule has 0 aliphatic heterocycles. The second kappa shape index (κ2) is 8.88. The third kappa shape index (κ3) is 4.41. The minimum Gasteiger partial charge on any atom is -0.496 e. The Labute approximate surface area is 178 Å². The Kier molecular flexibility index (Phi) is 5.67. The number of pyridine rings is 1. The predicted molar refractivity (Wildman–Crippen MR) is 116 cm³/mol. The number of methoxy groups -OCH3 is 1. The van der Waals surface area contributed by atoms with Crippen LogP contribution in [0.1, 0.15) is 11.1 Å². The van der Waals surface area contributed by atoms with E-state index in [-0.39, 0.29) is 23.7 Å². The van der Waals surface area contributed by atoms with Gasteiger partial charge < -0.3 is 24.9 Å². The molecule has 0 unspecified atom stereocenters. The van der Waals surface area contributed by atoms with Crippen molar-refractivity contribution in [3.63, 3.8) is 0 Å². The Morgan fingerprint density at radius 1 is 1.16 bits per heavy atom. The Balaban J connectivity index is 1.60. The number of oxazole rings is 1. The van der Waals surface area contributed by atoms with Crippen LogP contribution in [0.5, 0.6) is 11.6 Å². The average molecular weight is 413 g/mol. The summed E-state index contributed by atoms with van der Waals surface area (Å²) in [4.78, 5) is 8.37. The van der Waals surface area contributed by atoms with Crippen molar-refractivity contribution in [2.75, 3.05) is 18.2 Å². The molecule has 0 aliphatic carbocycles. The topological polar surface area (TPSA) is 119 Å². The molecular formula is C23H19N5O3. The Morgan fingerprint density at radius 3 is 2.71 bits per heavy atom. The summed E-state index contributed by atoms with van der Waals surface area (Å²) < 4.78 is 16.6. The maximum absolute atomic E-state index is 9.47. The second-order valence-electron chi connectivity index (χ2n) is 6.57. The van der Waals surface area contributed by atoms with Crippen molar-refractivity contribution in [3.8, 4) is 29.0 Å². The molecule has 2 aromatic heterocycles. The van der Waals surface area contributed by atoms with E-state index in [2.05, 4.69) is 21.4 Å². The highest BCUT2D eigenvalue weighted by Crippen LogP contribution is 2.34. The first-order chi connectivity index (χ1) is 15.2. The number of anilines is 3. The molecule has 0 radical (unpaired) electrons. The number of nitrogen functional groups attached to an aromatic ring is 1. The highest BCUT2D eigenvalue weighted by atomic mass is 16.5. The molecule has 0 saturated carbocycles. The van der Waals surface area contributed by atoms with Gasteiger partial charge in [0.15, 0.2) is 12.2 Å². The molecule has 0 atom stereocenters. The zero-order valence-corrected chi connectivity index (χ0v) is 16.7. The SMILES string of the molecule is COc1cc(Nc2cc(N)c(C#N)c(OCc3ccccc3)n2)ccc1-c1cnco1. The van der Waals surface area contributed by atoms with Gasteiger partial charge in [-0.25, -0.2) is 4.98 Å². The Hall–Kier alpha value is -4.51. The van der Waals surface area contributed by atoms with E-state index < -0.39 is 0 Å². The van der Waals surface area contributed by atoms with Crippen molar-refractivity contribution in [2.24, 2.45) is 0 Å². The zero-order valence-electron chi connectivity index (χ0n) is 16.7. The van der Waals surface area contributed by atoms with E-state index in [1.165, 1.54) is 6.39 Å². The van der Waals surface area contributed by atoms with Crippen LogP contribution >= 0.6 is 0 Å². The van der Waals surface area contributed by atoms with E-state index in [4.69, 9.17) is 19.6 Å². The van der Waals surface area contributed by atoms with E-state index >= 15 is 0 Å². The molecular weight excluding hydrogens is 394 g/mol. The number of nitrogens with one attached hydrogen (secondary N) is 1. The number of benzene rings is 2. The van der Waals surface area contributed by atoms with Crippen molar-refractivity contribution in [3.05, 3.63) is 78.3 Å². The smallest absolute Gasteiger partial charge is 0.236 e. The molecule has 0 fully saturated rings. The van der Waals surface area contributed by atoms with Crippen LogP contribution in [0.3, 0.4) is 0 Å². The van der Waals surface area contributed by atoms with Gasteiger partial charge in [0.25, 0.3) is 0 Å². The fraction of sp³-hybridized carbons (Fsp3) is 0.0870. The summed E-state index contributed by atoms with van der Waals surface area (Å²) in [5.74, 6) is 1.80. The van der Waals surface area contributed by atoms with Gasteiger partial charge in [0.2, 0.25) is 5.88 Å². The molecule has 3 N–H and O–H groups in total. The van der Waals surface area contributed by atoms with E-state index in [0.29, 0.717) is 23.0 Å². The normalized spacial score (nSPS) is 10.3. The summed E-state index contributed by atoms with van der Waals surface area (Å²) in [6, 6.07) is 18.8. The summed E-state index contributed by atoms with van der Waals surface area (Å²) in [5, 5.41) is 12.6. The van der Waals surface area contributed by atoms with Gasteiger partial charge in [-0.3, -0.25) is 0 Å². The van der Waals surface area contributed by atoms with Gasteiger partial charge in [0.1, 0.15) is 29.8 Å². The quantitative estimate of drug-likeness (QED) is 0.454. The summed E-state index contributed by atoms with van der Waals surface area (Å²) >= 11 is 0. The minimum absolute atomic E-state index is 0.166. The first-order valence-electron chi connectivity index (χ1n) is 9.39. The number of nitrogens with two attached hydrogens (primary N) is 1. The van der Waals surface area contributed by atoms with Crippen molar-refractivity contribution in [1.29, 1.82) is 5.26 Å². The lowest BCUT2D eigenvalue weighted by Gasteiger charge is -2.13. The lowest BCUT2D eigenvalue weighted by molar-refractivity contribution is 0.293. The first kappa shape index (κ1) is 19.8. The molecule has 154 valence electrons. The van der Waals surface area contributed by atoms with Gasteiger partial charge in [-0.05, 0) is 17.7 Å². The van der Waals surface area contributed by atoms with Crippen LogP contribution in [-0.2, 0) is 6.61 Å². The summed E-state index contributed by atoms with van der Waals surface area (Å²) in [5.41, 5.74) is 8.98. The molecule has 2 aromatic carbocycles. The number of aromatic nitrogens is 2. The van der Waals surface area contributed by atoms with Crippen LogP contribution in [0.2, 0.25) is 0 Å². The van der Waals surface area contributed by atoms with Crippen molar-refractivity contribution in [2.45, 2.75) is 6.61 Å². The lowest BCUT2D eigenvalue weighted by atomic mass is 10.1. The number of ether oxygens (including phenoxy) is 2. The first-order valence-corrected chi connectivity index (χ1v) is 9.39. The van der Waals surface area contributed by atoms with Crippen LogP contribution < -0.4 is 20.5 Å². The Bertz CT molecular complexity index is 1220. The monoisotopic (exact) mass is 413 g/mol. The number of hydrogen-bond acceptors (Lipinski definition) is 8.